The van der Waals surface area contributed by atoms with Crippen LogP contribution in [0.1, 0.15) is 40.9 Å². The van der Waals surface area contributed by atoms with Gasteiger partial charge in [0.2, 0.25) is 0 Å². The van der Waals surface area contributed by atoms with E-state index in [-0.39, 0.29) is 17.4 Å². The Morgan fingerprint density at radius 2 is 1.91 bits per heavy atom. The highest BCUT2D eigenvalue weighted by molar-refractivity contribution is 6.51. The maximum absolute atomic E-state index is 13.3. The lowest BCUT2D eigenvalue weighted by Gasteiger charge is -2.26. The van der Waals surface area contributed by atoms with Gasteiger partial charge in [-0.05, 0) is 73.9 Å². The number of aryl methyl sites for hydroxylation is 2. The lowest BCUT2D eigenvalue weighted by Crippen LogP contribution is -2.30. The number of pyridine rings is 1. The molecule has 0 spiro atoms. The summed E-state index contributed by atoms with van der Waals surface area (Å²) in [6, 6.07) is 15.6. The van der Waals surface area contributed by atoms with Gasteiger partial charge >= 0.3 is 0 Å². The number of rotatable bonds is 3. The number of carbonyl (C=O) groups excluding carboxylic acids is 2. The molecular weight excluding hydrogens is 416 g/mol. The van der Waals surface area contributed by atoms with E-state index in [0.717, 1.165) is 28.9 Å². The van der Waals surface area contributed by atoms with Gasteiger partial charge in [0, 0.05) is 23.9 Å². The molecule has 2 aliphatic rings. The summed E-state index contributed by atoms with van der Waals surface area (Å²) >= 11 is 0. The number of aliphatic hydroxyl groups excluding tert-OH is 1. The Labute approximate surface area is 192 Å². The molecule has 2 atom stereocenters. The van der Waals surface area contributed by atoms with Crippen molar-refractivity contribution in [2.45, 2.75) is 39.3 Å². The van der Waals surface area contributed by atoms with Crippen molar-refractivity contribution in [1.29, 1.82) is 0 Å². The number of ketones is 1. The molecule has 2 aliphatic heterocycles. The number of carbonyl (C=O) groups is 2. The van der Waals surface area contributed by atoms with Gasteiger partial charge in [-0.2, -0.15) is 0 Å². The third-order valence-electron chi connectivity index (χ3n) is 6.21. The van der Waals surface area contributed by atoms with Gasteiger partial charge in [-0.3, -0.25) is 19.5 Å². The van der Waals surface area contributed by atoms with Crippen molar-refractivity contribution in [2.75, 3.05) is 4.90 Å². The monoisotopic (exact) mass is 440 g/mol. The second kappa shape index (κ2) is 7.89. The topological polar surface area (TPSA) is 79.7 Å². The van der Waals surface area contributed by atoms with Gasteiger partial charge in [0.25, 0.3) is 11.7 Å². The molecular formula is C27H24N2O4. The number of ether oxygens (including phenoxy) is 1. The van der Waals surface area contributed by atoms with Crippen molar-refractivity contribution in [3.63, 3.8) is 0 Å². The first-order chi connectivity index (χ1) is 15.8. The van der Waals surface area contributed by atoms with E-state index in [1.165, 1.54) is 4.90 Å². The lowest BCUT2D eigenvalue weighted by molar-refractivity contribution is -0.132. The van der Waals surface area contributed by atoms with Crippen LogP contribution < -0.4 is 9.64 Å². The molecule has 6 nitrogen and oxygen atoms in total. The van der Waals surface area contributed by atoms with Gasteiger partial charge in [-0.1, -0.05) is 18.2 Å². The summed E-state index contributed by atoms with van der Waals surface area (Å²) in [6.07, 6.45) is 2.39. The number of anilines is 1. The summed E-state index contributed by atoms with van der Waals surface area (Å²) in [5.74, 6) is -0.844. The Morgan fingerprint density at radius 1 is 1.09 bits per heavy atom. The maximum Gasteiger partial charge on any atom is 0.300 e. The van der Waals surface area contributed by atoms with Crippen molar-refractivity contribution in [2.24, 2.45) is 0 Å². The number of hydrogen-bond acceptors (Lipinski definition) is 5. The molecule has 0 radical (unpaired) electrons. The van der Waals surface area contributed by atoms with E-state index in [9.17, 15) is 14.7 Å². The smallest absolute Gasteiger partial charge is 0.300 e. The molecule has 33 heavy (non-hydrogen) atoms. The minimum Gasteiger partial charge on any atom is -0.507 e. The largest absolute Gasteiger partial charge is 0.507 e. The molecule has 2 unspecified atom stereocenters. The zero-order valence-corrected chi connectivity index (χ0v) is 18.7. The standard InChI is InChI=1S/C27H24N2O4/c1-15-7-8-16(2)21(12-15)29-24(20-6-4-5-11-28-20)23(26(31)27(29)32)25(30)18-9-10-22-19(14-18)13-17(3)33-22/h4-12,14,17,24,30H,13H2,1-3H3/b25-23-. The quantitative estimate of drug-likeness (QED) is 0.364. The lowest BCUT2D eigenvalue weighted by atomic mass is 9.96. The van der Waals surface area contributed by atoms with Crippen molar-refractivity contribution < 1.29 is 19.4 Å². The Hall–Kier alpha value is -3.93. The van der Waals surface area contributed by atoms with Crippen molar-refractivity contribution in [3.8, 4) is 5.75 Å². The number of aliphatic hydroxyl groups is 1. The Kier molecular flexibility index (Phi) is 5.01. The highest BCUT2D eigenvalue weighted by Crippen LogP contribution is 2.43. The predicted molar refractivity (Wildman–Crippen MR) is 125 cm³/mol. The van der Waals surface area contributed by atoms with Gasteiger partial charge in [0.1, 0.15) is 23.7 Å². The van der Waals surface area contributed by atoms with E-state index in [4.69, 9.17) is 4.74 Å². The van der Waals surface area contributed by atoms with Crippen LogP contribution in [0.3, 0.4) is 0 Å². The molecule has 0 saturated carbocycles. The summed E-state index contributed by atoms with van der Waals surface area (Å²) in [7, 11) is 0. The molecule has 5 rings (SSSR count). The third kappa shape index (κ3) is 3.48. The molecule has 0 aliphatic carbocycles. The Bertz CT molecular complexity index is 1310. The van der Waals surface area contributed by atoms with Crippen molar-refractivity contribution in [3.05, 3.63) is 94.3 Å². The summed E-state index contributed by atoms with van der Waals surface area (Å²) in [4.78, 5) is 32.5. The molecule has 3 aromatic rings. The molecule has 1 N–H and O–H groups in total. The van der Waals surface area contributed by atoms with Gasteiger partial charge in [0.05, 0.1) is 11.3 Å². The van der Waals surface area contributed by atoms with E-state index in [1.54, 1.807) is 36.5 Å². The normalized spacial score (nSPS) is 21.2. The molecule has 6 heteroatoms. The van der Waals surface area contributed by atoms with Crippen LogP contribution in [0.25, 0.3) is 5.76 Å². The zero-order chi connectivity index (χ0) is 23.3. The number of benzene rings is 2. The molecule has 0 bridgehead atoms. The van der Waals surface area contributed by atoms with Crippen LogP contribution >= 0.6 is 0 Å². The van der Waals surface area contributed by atoms with E-state index in [0.29, 0.717) is 16.9 Å². The third-order valence-corrected chi connectivity index (χ3v) is 6.21. The van der Waals surface area contributed by atoms with Gasteiger partial charge in [-0.15, -0.1) is 0 Å². The summed E-state index contributed by atoms with van der Waals surface area (Å²) in [6.45, 7) is 5.81. The van der Waals surface area contributed by atoms with E-state index in [2.05, 4.69) is 4.98 Å². The van der Waals surface area contributed by atoms with Crippen LogP contribution in [0.5, 0.6) is 5.75 Å². The number of fused-ring (bicyclic) bond motifs is 1. The SMILES string of the molecule is Cc1ccc(C)c(N2C(=O)C(=O)/C(=C(\O)c3ccc4c(c3)CC(C)O4)C2c2ccccn2)c1. The predicted octanol–water partition coefficient (Wildman–Crippen LogP) is 4.65. The molecule has 2 aromatic carbocycles. The molecule has 1 aromatic heterocycles. The zero-order valence-electron chi connectivity index (χ0n) is 18.7. The second-order valence-electron chi connectivity index (χ2n) is 8.67. The van der Waals surface area contributed by atoms with E-state index < -0.39 is 17.7 Å². The van der Waals surface area contributed by atoms with Crippen molar-refractivity contribution in [1.82, 2.24) is 4.98 Å². The first kappa shape index (κ1) is 20.9. The van der Waals surface area contributed by atoms with Crippen LogP contribution in [0.15, 0.2) is 66.4 Å². The Balaban J connectivity index is 1.71. The van der Waals surface area contributed by atoms with Gasteiger partial charge in [-0.25, -0.2) is 0 Å². The van der Waals surface area contributed by atoms with Crippen LogP contribution in [-0.2, 0) is 16.0 Å². The van der Waals surface area contributed by atoms with Crippen LogP contribution in [0.2, 0.25) is 0 Å². The molecule has 3 heterocycles. The number of Topliss-reactive ketones (excluding diaryl/α,β-unsaturated/α-hetero) is 1. The van der Waals surface area contributed by atoms with Crippen molar-refractivity contribution >= 4 is 23.1 Å². The number of amides is 1. The minimum atomic E-state index is -0.838. The first-order valence-corrected chi connectivity index (χ1v) is 10.9. The second-order valence-corrected chi connectivity index (χ2v) is 8.67. The van der Waals surface area contributed by atoms with Gasteiger partial charge < -0.3 is 9.84 Å². The number of aromatic nitrogens is 1. The number of hydrogen-bond donors (Lipinski definition) is 1. The molecule has 1 amide bonds. The summed E-state index contributed by atoms with van der Waals surface area (Å²) in [5.41, 5.74) is 4.43. The molecule has 166 valence electrons. The van der Waals surface area contributed by atoms with Crippen LogP contribution in [0.4, 0.5) is 5.69 Å². The fourth-order valence-corrected chi connectivity index (χ4v) is 4.60. The highest BCUT2D eigenvalue weighted by atomic mass is 16.5. The maximum atomic E-state index is 13.3. The number of nitrogens with zero attached hydrogens (tertiary/aromatic N) is 2. The minimum absolute atomic E-state index is 0.0338. The van der Waals surface area contributed by atoms with Gasteiger partial charge in [0.15, 0.2) is 0 Å². The molecule has 1 saturated heterocycles. The highest BCUT2D eigenvalue weighted by Gasteiger charge is 2.48. The van der Waals surface area contributed by atoms with Crippen LogP contribution in [0, 0.1) is 13.8 Å². The van der Waals surface area contributed by atoms with E-state index >= 15 is 0 Å². The first-order valence-electron chi connectivity index (χ1n) is 10.9. The Morgan fingerprint density at radius 3 is 2.67 bits per heavy atom. The fourth-order valence-electron chi connectivity index (χ4n) is 4.60. The average molecular weight is 440 g/mol. The fraction of sp³-hybridized carbons (Fsp3) is 0.222. The molecule has 1 fully saturated rings. The summed E-state index contributed by atoms with van der Waals surface area (Å²) in [5, 5.41) is 11.3. The van der Waals surface area contributed by atoms with E-state index in [1.807, 2.05) is 45.0 Å². The summed E-state index contributed by atoms with van der Waals surface area (Å²) < 4.78 is 5.76. The average Bonchev–Trinajstić information content (AvgIpc) is 3.31. The van der Waals surface area contributed by atoms with Crippen LogP contribution in [-0.4, -0.2) is 27.9 Å².